The molecule has 2 bridgehead atoms. The molecule has 7 nitrogen and oxygen atoms in total. The number of anilines is 2. The van der Waals surface area contributed by atoms with Crippen molar-refractivity contribution >= 4 is 35.1 Å². The van der Waals surface area contributed by atoms with E-state index in [-0.39, 0.29) is 48.3 Å². The van der Waals surface area contributed by atoms with Crippen LogP contribution in [-0.2, 0) is 19.2 Å². The quantitative estimate of drug-likeness (QED) is 0.396. The van der Waals surface area contributed by atoms with E-state index in [1.165, 1.54) is 34.1 Å². The summed E-state index contributed by atoms with van der Waals surface area (Å²) in [5.74, 6) is -1.49. The molecule has 8 heteroatoms. The summed E-state index contributed by atoms with van der Waals surface area (Å²) in [4.78, 5) is 53.7. The maximum absolute atomic E-state index is 13.2. The number of halogens is 1. The summed E-state index contributed by atoms with van der Waals surface area (Å²) in [5, 5.41) is 0. The lowest BCUT2D eigenvalue weighted by atomic mass is 9.81. The van der Waals surface area contributed by atoms with Crippen molar-refractivity contribution in [3.63, 3.8) is 0 Å². The average molecular weight is 462 g/mol. The normalized spacial score (nSPS) is 29.8. The Balaban J connectivity index is 1.12. The van der Waals surface area contributed by atoms with Gasteiger partial charge in [-0.2, -0.15) is 0 Å². The zero-order chi connectivity index (χ0) is 23.6. The lowest BCUT2D eigenvalue weighted by Crippen LogP contribution is -2.32. The Hall–Kier alpha value is -3.55. The maximum atomic E-state index is 13.2. The molecule has 2 saturated heterocycles. The van der Waals surface area contributed by atoms with Crippen molar-refractivity contribution in [1.29, 1.82) is 0 Å². The van der Waals surface area contributed by atoms with E-state index in [0.29, 0.717) is 23.2 Å². The molecule has 4 aliphatic rings. The van der Waals surface area contributed by atoms with Crippen LogP contribution in [0.2, 0.25) is 0 Å². The topological polar surface area (TPSA) is 84.0 Å². The molecule has 2 aliphatic heterocycles. The van der Waals surface area contributed by atoms with Crippen molar-refractivity contribution in [2.75, 3.05) is 16.3 Å². The molecule has 0 N–H and O–H groups in total. The number of benzene rings is 2. The highest BCUT2D eigenvalue weighted by molar-refractivity contribution is 6.22. The summed E-state index contributed by atoms with van der Waals surface area (Å²) in [5.41, 5.74) is 1.02. The molecular formula is C26H23FN2O5. The number of rotatable bonds is 4. The third kappa shape index (κ3) is 3.23. The van der Waals surface area contributed by atoms with Gasteiger partial charge in [-0.1, -0.05) is 0 Å². The summed E-state index contributed by atoms with van der Waals surface area (Å²) >= 11 is 0. The standard InChI is InChI=1S/C26H23FN2O5/c27-17-3-5-18(6-4-17)28-13-16(12-21(28)30)26(33)34-20-9-7-19(8-10-20)29-24(31)22-14-1-2-15(11-14)23(22)25(29)32/h3-10,14-16,22-23H,1-2,11-13H2/t14-,15-,16-,22+,23+/m0/s1. The molecule has 2 aromatic rings. The lowest BCUT2D eigenvalue weighted by molar-refractivity contribution is -0.139. The van der Waals surface area contributed by atoms with Gasteiger partial charge in [-0.15, -0.1) is 0 Å². The van der Waals surface area contributed by atoms with Gasteiger partial charge in [0.15, 0.2) is 0 Å². The Bertz CT molecular complexity index is 1170. The largest absolute Gasteiger partial charge is 0.426 e. The van der Waals surface area contributed by atoms with E-state index in [2.05, 4.69) is 0 Å². The second kappa shape index (κ2) is 7.75. The van der Waals surface area contributed by atoms with Crippen LogP contribution < -0.4 is 14.5 Å². The monoisotopic (exact) mass is 462 g/mol. The van der Waals surface area contributed by atoms with Crippen molar-refractivity contribution in [3.05, 3.63) is 54.3 Å². The molecule has 174 valence electrons. The number of imide groups is 1. The van der Waals surface area contributed by atoms with E-state index in [9.17, 15) is 23.6 Å². The van der Waals surface area contributed by atoms with E-state index in [1.54, 1.807) is 24.3 Å². The highest BCUT2D eigenvalue weighted by Gasteiger charge is 2.61. The molecule has 4 fully saturated rings. The molecule has 6 rings (SSSR count). The van der Waals surface area contributed by atoms with Gasteiger partial charge in [-0.3, -0.25) is 24.1 Å². The van der Waals surface area contributed by atoms with Crippen molar-refractivity contribution in [2.45, 2.75) is 25.7 Å². The maximum Gasteiger partial charge on any atom is 0.316 e. The van der Waals surface area contributed by atoms with Crippen molar-refractivity contribution in [3.8, 4) is 5.75 Å². The van der Waals surface area contributed by atoms with Crippen LogP contribution in [0, 0.1) is 35.4 Å². The number of nitrogens with zero attached hydrogens (tertiary/aromatic N) is 2. The van der Waals surface area contributed by atoms with Crippen LogP contribution in [0.25, 0.3) is 0 Å². The number of hydrogen-bond donors (Lipinski definition) is 0. The van der Waals surface area contributed by atoms with Gasteiger partial charge < -0.3 is 9.64 Å². The summed E-state index contributed by atoms with van der Waals surface area (Å²) in [6, 6.07) is 11.9. The minimum Gasteiger partial charge on any atom is -0.426 e. The molecule has 34 heavy (non-hydrogen) atoms. The Morgan fingerprint density at radius 1 is 0.853 bits per heavy atom. The predicted octanol–water partition coefficient (Wildman–Crippen LogP) is 3.32. The van der Waals surface area contributed by atoms with Gasteiger partial charge in [0.1, 0.15) is 11.6 Å². The second-order valence-corrected chi connectivity index (χ2v) is 9.69. The summed E-state index contributed by atoms with van der Waals surface area (Å²) in [7, 11) is 0. The molecule has 0 spiro atoms. The molecular weight excluding hydrogens is 439 g/mol. The highest BCUT2D eigenvalue weighted by Crippen LogP contribution is 2.56. The van der Waals surface area contributed by atoms with E-state index in [1.807, 2.05) is 0 Å². The van der Waals surface area contributed by atoms with Crippen molar-refractivity contribution in [2.24, 2.45) is 29.6 Å². The van der Waals surface area contributed by atoms with Gasteiger partial charge in [0, 0.05) is 18.7 Å². The van der Waals surface area contributed by atoms with E-state index in [4.69, 9.17) is 4.74 Å². The summed E-state index contributed by atoms with van der Waals surface area (Å²) in [6.45, 7) is 0.156. The average Bonchev–Trinajstić information content (AvgIpc) is 3.59. The van der Waals surface area contributed by atoms with Gasteiger partial charge in [-0.05, 0) is 79.6 Å². The Morgan fingerprint density at radius 2 is 1.44 bits per heavy atom. The molecule has 2 aliphatic carbocycles. The van der Waals surface area contributed by atoms with Crippen LogP contribution in [0.15, 0.2) is 48.5 Å². The fourth-order valence-corrected chi connectivity index (χ4v) is 6.26. The summed E-state index contributed by atoms with van der Waals surface area (Å²) in [6.07, 6.45) is 3.04. The molecule has 0 radical (unpaired) electrons. The number of fused-ring (bicyclic) bond motifs is 5. The molecule has 2 heterocycles. The van der Waals surface area contributed by atoms with Crippen molar-refractivity contribution in [1.82, 2.24) is 0 Å². The highest BCUT2D eigenvalue weighted by atomic mass is 19.1. The zero-order valence-corrected chi connectivity index (χ0v) is 18.4. The van der Waals surface area contributed by atoms with Gasteiger partial charge in [0.05, 0.1) is 23.4 Å². The lowest BCUT2D eigenvalue weighted by Gasteiger charge is -2.19. The summed E-state index contributed by atoms with van der Waals surface area (Å²) < 4.78 is 18.6. The number of carbonyl (C=O) groups is 4. The number of amides is 3. The first-order valence-electron chi connectivity index (χ1n) is 11.7. The van der Waals surface area contributed by atoms with Crippen LogP contribution in [-0.4, -0.2) is 30.2 Å². The minimum atomic E-state index is -0.645. The van der Waals surface area contributed by atoms with E-state index in [0.717, 1.165) is 19.3 Å². The number of esters is 1. The van der Waals surface area contributed by atoms with Gasteiger partial charge in [0.25, 0.3) is 0 Å². The van der Waals surface area contributed by atoms with Crippen LogP contribution in [0.4, 0.5) is 15.8 Å². The SMILES string of the molecule is O=C(Oc1ccc(N2C(=O)[C@@H]3[C@H]4CC[C@@H](C4)[C@H]3C2=O)cc1)[C@H]1CC(=O)N(c2ccc(F)cc2)C1. The number of ether oxygens (including phenoxy) is 1. The van der Waals surface area contributed by atoms with Crippen LogP contribution in [0.1, 0.15) is 25.7 Å². The first-order valence-corrected chi connectivity index (χ1v) is 11.7. The zero-order valence-electron chi connectivity index (χ0n) is 18.4. The smallest absolute Gasteiger partial charge is 0.316 e. The first-order chi connectivity index (χ1) is 16.4. The molecule has 0 aromatic heterocycles. The predicted molar refractivity (Wildman–Crippen MR) is 119 cm³/mol. The third-order valence-electron chi connectivity index (χ3n) is 7.84. The molecule has 5 atom stereocenters. The minimum absolute atomic E-state index is 0.0101. The van der Waals surface area contributed by atoms with E-state index < -0.39 is 17.7 Å². The second-order valence-electron chi connectivity index (χ2n) is 9.69. The molecule has 2 aromatic carbocycles. The fraction of sp³-hybridized carbons (Fsp3) is 0.385. The first kappa shape index (κ1) is 21.0. The molecule has 3 amide bonds. The Labute approximate surface area is 195 Å². The molecule has 0 unspecified atom stereocenters. The van der Waals surface area contributed by atoms with E-state index >= 15 is 0 Å². The third-order valence-corrected chi connectivity index (χ3v) is 7.84. The molecule has 2 saturated carbocycles. The number of hydrogen-bond acceptors (Lipinski definition) is 5. The van der Waals surface area contributed by atoms with Crippen LogP contribution in [0.3, 0.4) is 0 Å². The fourth-order valence-electron chi connectivity index (χ4n) is 6.26. The Kier molecular flexibility index (Phi) is 4.79. The van der Waals surface area contributed by atoms with Gasteiger partial charge in [0.2, 0.25) is 17.7 Å². The van der Waals surface area contributed by atoms with Crippen LogP contribution >= 0.6 is 0 Å². The van der Waals surface area contributed by atoms with Crippen LogP contribution in [0.5, 0.6) is 5.75 Å². The van der Waals surface area contributed by atoms with Gasteiger partial charge in [-0.25, -0.2) is 4.39 Å². The van der Waals surface area contributed by atoms with Gasteiger partial charge >= 0.3 is 5.97 Å². The number of carbonyl (C=O) groups excluding carboxylic acids is 4. The Morgan fingerprint density at radius 3 is 2.06 bits per heavy atom. The van der Waals surface area contributed by atoms with Crippen molar-refractivity contribution < 1.29 is 28.3 Å².